The van der Waals surface area contributed by atoms with Gasteiger partial charge in [-0.3, -0.25) is 9.58 Å². The molecule has 1 N–H and O–H groups in total. The van der Waals surface area contributed by atoms with Crippen LogP contribution in [-0.2, 0) is 13.6 Å². The predicted octanol–water partition coefficient (Wildman–Crippen LogP) is 1.95. The van der Waals surface area contributed by atoms with Crippen LogP contribution in [-0.4, -0.2) is 39.4 Å². The molecule has 2 rings (SSSR count). The van der Waals surface area contributed by atoms with E-state index in [9.17, 15) is 0 Å². The van der Waals surface area contributed by atoms with Crippen molar-refractivity contribution < 1.29 is 0 Å². The molecular formula is C13H23ClN4. The number of halogens is 1. The zero-order valence-electron chi connectivity index (χ0n) is 11.9. The number of aromatic nitrogens is 2. The van der Waals surface area contributed by atoms with Crippen LogP contribution in [0.1, 0.15) is 32.0 Å². The molecule has 1 atom stereocenters. The van der Waals surface area contributed by atoms with E-state index in [1.54, 1.807) is 4.68 Å². The van der Waals surface area contributed by atoms with Crippen LogP contribution in [0.5, 0.6) is 0 Å². The van der Waals surface area contributed by atoms with Gasteiger partial charge < -0.3 is 5.32 Å². The maximum atomic E-state index is 6.32. The number of aryl methyl sites for hydroxylation is 2. The molecule has 0 aromatic carbocycles. The Kier molecular flexibility index (Phi) is 3.72. The SMILES string of the molecule is Cc1nn(C)c(Cl)c1CN1CC(C)NCC1(C)C. The van der Waals surface area contributed by atoms with Gasteiger partial charge in [-0.25, -0.2) is 0 Å². The molecule has 4 nitrogen and oxygen atoms in total. The number of rotatable bonds is 2. The van der Waals surface area contributed by atoms with Gasteiger partial charge in [0, 0.05) is 43.8 Å². The average Bonchev–Trinajstić information content (AvgIpc) is 2.51. The van der Waals surface area contributed by atoms with Crippen molar-refractivity contribution in [3.63, 3.8) is 0 Å². The normalized spacial score (nSPS) is 24.4. The maximum Gasteiger partial charge on any atom is 0.131 e. The zero-order valence-corrected chi connectivity index (χ0v) is 12.7. The summed E-state index contributed by atoms with van der Waals surface area (Å²) < 4.78 is 1.75. The second kappa shape index (κ2) is 4.83. The fourth-order valence-corrected chi connectivity index (χ4v) is 2.74. The molecule has 1 aromatic heterocycles. The van der Waals surface area contributed by atoms with Gasteiger partial charge >= 0.3 is 0 Å². The Bertz CT molecular complexity index is 438. The molecule has 1 aliphatic rings. The molecule has 0 amide bonds. The highest BCUT2D eigenvalue weighted by Gasteiger charge is 2.33. The van der Waals surface area contributed by atoms with E-state index in [0.29, 0.717) is 6.04 Å². The molecule has 0 bridgehead atoms. The number of nitrogens with one attached hydrogen (secondary N) is 1. The summed E-state index contributed by atoms with van der Waals surface area (Å²) in [6.45, 7) is 11.7. The summed E-state index contributed by atoms with van der Waals surface area (Å²) in [5.74, 6) is 0. The molecule has 5 heteroatoms. The lowest BCUT2D eigenvalue weighted by Crippen LogP contribution is -2.60. The van der Waals surface area contributed by atoms with Crippen molar-refractivity contribution in [2.24, 2.45) is 7.05 Å². The molecule has 1 aromatic rings. The minimum atomic E-state index is 0.151. The first-order valence-corrected chi connectivity index (χ1v) is 6.85. The molecule has 0 spiro atoms. The fraction of sp³-hybridized carbons (Fsp3) is 0.769. The van der Waals surface area contributed by atoms with Gasteiger partial charge in [-0.2, -0.15) is 5.10 Å². The van der Waals surface area contributed by atoms with Gasteiger partial charge in [-0.05, 0) is 27.7 Å². The first-order valence-electron chi connectivity index (χ1n) is 6.47. The molecule has 1 aliphatic heterocycles. The summed E-state index contributed by atoms with van der Waals surface area (Å²) >= 11 is 6.32. The summed E-state index contributed by atoms with van der Waals surface area (Å²) in [5, 5.41) is 8.67. The molecule has 0 aliphatic carbocycles. The lowest BCUT2D eigenvalue weighted by atomic mass is 9.97. The number of hydrogen-bond acceptors (Lipinski definition) is 3. The molecule has 102 valence electrons. The lowest BCUT2D eigenvalue weighted by molar-refractivity contribution is 0.0625. The molecule has 18 heavy (non-hydrogen) atoms. The van der Waals surface area contributed by atoms with E-state index in [4.69, 9.17) is 11.6 Å². The van der Waals surface area contributed by atoms with Gasteiger partial charge in [-0.1, -0.05) is 11.6 Å². The third-order valence-corrected chi connectivity index (χ3v) is 4.33. The van der Waals surface area contributed by atoms with Gasteiger partial charge in [0.05, 0.1) is 5.69 Å². The van der Waals surface area contributed by atoms with Crippen molar-refractivity contribution in [1.82, 2.24) is 20.0 Å². The third-order valence-electron chi connectivity index (χ3n) is 3.85. The minimum Gasteiger partial charge on any atom is -0.311 e. The number of hydrogen-bond donors (Lipinski definition) is 1. The largest absolute Gasteiger partial charge is 0.311 e. The van der Waals surface area contributed by atoms with Crippen molar-refractivity contribution in [2.75, 3.05) is 13.1 Å². The highest BCUT2D eigenvalue weighted by Crippen LogP contribution is 2.26. The van der Waals surface area contributed by atoms with Gasteiger partial charge in [-0.15, -0.1) is 0 Å². The predicted molar refractivity (Wildman–Crippen MR) is 74.9 cm³/mol. The third kappa shape index (κ3) is 2.56. The van der Waals surface area contributed by atoms with Crippen molar-refractivity contribution in [2.45, 2.75) is 45.8 Å². The molecule has 0 radical (unpaired) electrons. The number of nitrogens with zero attached hydrogens (tertiary/aromatic N) is 3. The van der Waals surface area contributed by atoms with Crippen LogP contribution in [0.4, 0.5) is 0 Å². The Morgan fingerprint density at radius 3 is 2.72 bits per heavy atom. The second-order valence-corrected chi connectivity index (χ2v) is 6.31. The van der Waals surface area contributed by atoms with Crippen LogP contribution in [0.15, 0.2) is 0 Å². The van der Waals surface area contributed by atoms with E-state index >= 15 is 0 Å². The summed E-state index contributed by atoms with van der Waals surface area (Å²) in [5.41, 5.74) is 2.34. The van der Waals surface area contributed by atoms with Gasteiger partial charge in [0.25, 0.3) is 0 Å². The quantitative estimate of drug-likeness (QED) is 0.892. The van der Waals surface area contributed by atoms with Crippen LogP contribution in [0.25, 0.3) is 0 Å². The number of piperazine rings is 1. The Hall–Kier alpha value is -0.580. The minimum absolute atomic E-state index is 0.151. The molecule has 0 saturated carbocycles. The smallest absolute Gasteiger partial charge is 0.131 e. The Labute approximate surface area is 114 Å². The Morgan fingerprint density at radius 2 is 2.17 bits per heavy atom. The molecular weight excluding hydrogens is 248 g/mol. The molecule has 1 unspecified atom stereocenters. The maximum absolute atomic E-state index is 6.32. The van der Waals surface area contributed by atoms with E-state index in [-0.39, 0.29) is 5.54 Å². The van der Waals surface area contributed by atoms with E-state index in [2.05, 4.69) is 36.1 Å². The fourth-order valence-electron chi connectivity index (χ4n) is 2.50. The molecule has 1 fully saturated rings. The van der Waals surface area contributed by atoms with Crippen molar-refractivity contribution in [3.05, 3.63) is 16.4 Å². The van der Waals surface area contributed by atoms with Crippen molar-refractivity contribution in [3.8, 4) is 0 Å². The van der Waals surface area contributed by atoms with E-state index < -0.39 is 0 Å². The van der Waals surface area contributed by atoms with E-state index in [1.165, 1.54) is 0 Å². The highest BCUT2D eigenvalue weighted by atomic mass is 35.5. The van der Waals surface area contributed by atoms with E-state index in [0.717, 1.165) is 36.0 Å². The summed E-state index contributed by atoms with van der Waals surface area (Å²) in [6, 6.07) is 0.522. The van der Waals surface area contributed by atoms with Crippen molar-refractivity contribution in [1.29, 1.82) is 0 Å². The molecule has 1 saturated heterocycles. The summed E-state index contributed by atoms with van der Waals surface area (Å²) in [4.78, 5) is 2.49. The average molecular weight is 271 g/mol. The second-order valence-electron chi connectivity index (χ2n) is 5.95. The standard InChI is InChI=1S/C13H23ClN4/c1-9-6-18(13(3,4)8-15-9)7-11-10(2)16-17(5)12(11)14/h9,15H,6-8H2,1-5H3. The summed E-state index contributed by atoms with van der Waals surface area (Å²) in [6.07, 6.45) is 0. The Morgan fingerprint density at radius 1 is 1.50 bits per heavy atom. The Balaban J connectivity index is 2.21. The monoisotopic (exact) mass is 270 g/mol. The van der Waals surface area contributed by atoms with Crippen molar-refractivity contribution >= 4 is 11.6 Å². The van der Waals surface area contributed by atoms with E-state index in [1.807, 2.05) is 14.0 Å². The van der Waals surface area contributed by atoms with Crippen LogP contribution in [0.3, 0.4) is 0 Å². The summed E-state index contributed by atoms with van der Waals surface area (Å²) in [7, 11) is 1.89. The topological polar surface area (TPSA) is 33.1 Å². The first kappa shape index (κ1) is 13.8. The first-order chi connectivity index (χ1) is 8.31. The van der Waals surface area contributed by atoms with Gasteiger partial charge in [0.1, 0.15) is 5.15 Å². The van der Waals surface area contributed by atoms with Gasteiger partial charge in [0.15, 0.2) is 0 Å². The van der Waals surface area contributed by atoms with Crippen LogP contribution in [0.2, 0.25) is 5.15 Å². The molecule has 2 heterocycles. The van der Waals surface area contributed by atoms with Gasteiger partial charge in [0.2, 0.25) is 0 Å². The highest BCUT2D eigenvalue weighted by molar-refractivity contribution is 6.30. The lowest BCUT2D eigenvalue weighted by Gasteiger charge is -2.45. The van der Waals surface area contributed by atoms with Crippen LogP contribution >= 0.6 is 11.6 Å². The van der Waals surface area contributed by atoms with Crippen LogP contribution in [0, 0.1) is 6.92 Å². The zero-order chi connectivity index (χ0) is 13.5. The van der Waals surface area contributed by atoms with Crippen LogP contribution < -0.4 is 5.32 Å².